The number of hydrogen-bond acceptors (Lipinski definition) is 6. The number of fused-ring (bicyclic) bond motifs is 2. The Labute approximate surface area is 222 Å². The maximum Gasteiger partial charge on any atom is 0.264 e. The minimum absolute atomic E-state index is 0.137. The highest BCUT2D eigenvalue weighted by molar-refractivity contribution is 7.21. The molecule has 3 aromatic carbocycles. The molecule has 0 radical (unpaired) electrons. The minimum Gasteiger partial charge on any atom is -0.326 e. The SMILES string of the molecule is Cc1ccc(-n2ncc3c(=O)n(CCC(=O)Nc4ccc(-c5nc6ccc(C)cc6s5)cc4)cnc32)cc1. The lowest BCUT2D eigenvalue weighted by Gasteiger charge is -2.08. The summed E-state index contributed by atoms with van der Waals surface area (Å²) in [6.07, 6.45) is 3.13. The standard InChI is InChI=1S/C29H24N6O2S/c1-18-3-10-22(11-4-18)35-27-23(16-31-35)29(37)34(17-30-27)14-13-26(36)32-21-8-6-20(7-9-21)28-33-24-12-5-19(2)15-25(24)38-28/h3-12,15-17H,13-14H2,1-2H3,(H,32,36). The van der Waals surface area contributed by atoms with Crippen molar-refractivity contribution in [2.24, 2.45) is 0 Å². The lowest BCUT2D eigenvalue weighted by Crippen LogP contribution is -2.23. The molecule has 6 rings (SSSR count). The predicted molar refractivity (Wildman–Crippen MR) is 151 cm³/mol. The van der Waals surface area contributed by atoms with Crippen LogP contribution in [-0.4, -0.2) is 30.2 Å². The van der Waals surface area contributed by atoms with Crippen LogP contribution in [0.2, 0.25) is 0 Å². The Morgan fingerprint density at radius 1 is 0.974 bits per heavy atom. The van der Waals surface area contributed by atoms with Gasteiger partial charge in [-0.05, 0) is 67.9 Å². The first-order valence-electron chi connectivity index (χ1n) is 12.2. The number of thiazole rings is 1. The van der Waals surface area contributed by atoms with Crippen LogP contribution in [0.1, 0.15) is 17.5 Å². The van der Waals surface area contributed by atoms with Crippen molar-refractivity contribution in [2.75, 3.05) is 5.32 Å². The van der Waals surface area contributed by atoms with Crippen LogP contribution in [0.5, 0.6) is 0 Å². The van der Waals surface area contributed by atoms with Gasteiger partial charge in [-0.25, -0.2) is 14.6 Å². The second-order valence-corrected chi connectivity index (χ2v) is 10.3. The topological polar surface area (TPSA) is 94.7 Å². The van der Waals surface area contributed by atoms with Gasteiger partial charge in [0, 0.05) is 24.2 Å². The number of benzene rings is 3. The average Bonchev–Trinajstić information content (AvgIpc) is 3.54. The van der Waals surface area contributed by atoms with E-state index >= 15 is 0 Å². The number of aromatic nitrogens is 5. The van der Waals surface area contributed by atoms with E-state index in [1.807, 2.05) is 61.5 Å². The van der Waals surface area contributed by atoms with Crippen LogP contribution in [0, 0.1) is 13.8 Å². The molecule has 6 aromatic rings. The molecule has 9 heteroatoms. The maximum absolute atomic E-state index is 13.0. The molecule has 0 saturated carbocycles. The van der Waals surface area contributed by atoms with Crippen molar-refractivity contribution in [1.29, 1.82) is 0 Å². The molecule has 0 unspecified atom stereocenters. The Morgan fingerprint density at radius 3 is 2.53 bits per heavy atom. The van der Waals surface area contributed by atoms with Crippen molar-refractivity contribution < 1.29 is 4.79 Å². The van der Waals surface area contributed by atoms with Crippen LogP contribution < -0.4 is 10.9 Å². The molecule has 1 amide bonds. The second-order valence-electron chi connectivity index (χ2n) is 9.24. The molecule has 8 nitrogen and oxygen atoms in total. The number of aryl methyl sites for hydroxylation is 3. The highest BCUT2D eigenvalue weighted by Crippen LogP contribution is 2.31. The smallest absolute Gasteiger partial charge is 0.264 e. The van der Waals surface area contributed by atoms with E-state index in [0.29, 0.717) is 16.7 Å². The zero-order chi connectivity index (χ0) is 26.2. The summed E-state index contributed by atoms with van der Waals surface area (Å²) < 4.78 is 4.25. The molecule has 0 fully saturated rings. The van der Waals surface area contributed by atoms with Crippen LogP contribution in [0.3, 0.4) is 0 Å². The van der Waals surface area contributed by atoms with E-state index in [1.54, 1.807) is 16.0 Å². The molecule has 0 saturated heterocycles. The van der Waals surface area contributed by atoms with Gasteiger partial charge in [0.1, 0.15) is 10.4 Å². The number of carbonyl (C=O) groups is 1. The fourth-order valence-electron chi connectivity index (χ4n) is 4.28. The van der Waals surface area contributed by atoms with E-state index < -0.39 is 0 Å². The van der Waals surface area contributed by atoms with Gasteiger partial charge in [0.15, 0.2) is 5.65 Å². The maximum atomic E-state index is 13.0. The van der Waals surface area contributed by atoms with E-state index in [-0.39, 0.29) is 24.4 Å². The van der Waals surface area contributed by atoms with Crippen molar-refractivity contribution in [3.8, 4) is 16.3 Å². The van der Waals surface area contributed by atoms with E-state index in [0.717, 1.165) is 32.0 Å². The van der Waals surface area contributed by atoms with Crippen LogP contribution in [0.25, 0.3) is 37.5 Å². The quantitative estimate of drug-likeness (QED) is 0.313. The molecule has 0 bridgehead atoms. The summed E-state index contributed by atoms with van der Waals surface area (Å²) in [6.45, 7) is 4.30. The van der Waals surface area contributed by atoms with Crippen LogP contribution >= 0.6 is 11.3 Å². The van der Waals surface area contributed by atoms with Crippen LogP contribution in [0.4, 0.5) is 5.69 Å². The predicted octanol–water partition coefficient (Wildman–Crippen LogP) is 5.50. The Balaban J connectivity index is 1.12. The Hall–Kier alpha value is -4.63. The molecular formula is C29H24N6O2S. The average molecular weight is 521 g/mol. The van der Waals surface area contributed by atoms with Gasteiger partial charge in [-0.15, -0.1) is 11.3 Å². The van der Waals surface area contributed by atoms with Gasteiger partial charge < -0.3 is 5.32 Å². The summed E-state index contributed by atoms with van der Waals surface area (Å²) in [5, 5.41) is 8.61. The third-order valence-electron chi connectivity index (χ3n) is 6.37. The molecule has 0 spiro atoms. The van der Waals surface area contributed by atoms with Gasteiger partial charge in [-0.2, -0.15) is 5.10 Å². The summed E-state index contributed by atoms with van der Waals surface area (Å²) >= 11 is 1.65. The summed E-state index contributed by atoms with van der Waals surface area (Å²) in [6, 6.07) is 21.7. The van der Waals surface area contributed by atoms with Gasteiger partial charge in [-0.1, -0.05) is 23.8 Å². The van der Waals surface area contributed by atoms with Crippen LogP contribution in [0.15, 0.2) is 84.0 Å². The lowest BCUT2D eigenvalue weighted by atomic mass is 10.2. The van der Waals surface area contributed by atoms with E-state index in [4.69, 9.17) is 4.98 Å². The van der Waals surface area contributed by atoms with Crippen LogP contribution in [-0.2, 0) is 11.3 Å². The molecule has 188 valence electrons. The highest BCUT2D eigenvalue weighted by atomic mass is 32.1. The van der Waals surface area contributed by atoms with Crippen molar-refractivity contribution in [3.63, 3.8) is 0 Å². The minimum atomic E-state index is -0.225. The summed E-state index contributed by atoms with van der Waals surface area (Å²) in [7, 11) is 0. The number of rotatable bonds is 6. The monoisotopic (exact) mass is 520 g/mol. The van der Waals surface area contributed by atoms with Gasteiger partial charge in [0.2, 0.25) is 5.91 Å². The highest BCUT2D eigenvalue weighted by Gasteiger charge is 2.13. The van der Waals surface area contributed by atoms with Gasteiger partial charge in [0.05, 0.1) is 28.4 Å². The van der Waals surface area contributed by atoms with E-state index in [9.17, 15) is 9.59 Å². The Bertz CT molecular complexity index is 1850. The molecule has 0 aliphatic carbocycles. The molecule has 3 heterocycles. The van der Waals surface area contributed by atoms with Crippen molar-refractivity contribution >= 4 is 44.2 Å². The lowest BCUT2D eigenvalue weighted by molar-refractivity contribution is -0.116. The van der Waals surface area contributed by atoms with Crippen molar-refractivity contribution in [1.82, 2.24) is 24.3 Å². The van der Waals surface area contributed by atoms with Crippen molar-refractivity contribution in [2.45, 2.75) is 26.8 Å². The number of amides is 1. The van der Waals surface area contributed by atoms with E-state index in [2.05, 4.69) is 34.5 Å². The number of nitrogens with zero attached hydrogens (tertiary/aromatic N) is 5. The summed E-state index contributed by atoms with van der Waals surface area (Å²) in [4.78, 5) is 34.8. The summed E-state index contributed by atoms with van der Waals surface area (Å²) in [5.74, 6) is -0.185. The molecule has 0 aliphatic heterocycles. The Kier molecular flexibility index (Phi) is 6.05. The summed E-state index contributed by atoms with van der Waals surface area (Å²) in [5.41, 5.74) is 6.12. The number of anilines is 1. The number of carbonyl (C=O) groups excluding carboxylic acids is 1. The molecule has 0 atom stereocenters. The molecule has 3 aromatic heterocycles. The first-order chi connectivity index (χ1) is 18.4. The zero-order valence-electron chi connectivity index (χ0n) is 20.9. The first-order valence-corrected chi connectivity index (χ1v) is 13.0. The third-order valence-corrected chi connectivity index (χ3v) is 7.44. The molecule has 1 N–H and O–H groups in total. The normalized spacial score (nSPS) is 11.3. The molecule has 38 heavy (non-hydrogen) atoms. The number of hydrogen-bond donors (Lipinski definition) is 1. The number of nitrogens with one attached hydrogen (secondary N) is 1. The third kappa shape index (κ3) is 4.59. The fraction of sp³-hybridized carbons (Fsp3) is 0.138. The van der Waals surface area contributed by atoms with E-state index in [1.165, 1.54) is 22.7 Å². The molecule has 0 aliphatic rings. The zero-order valence-corrected chi connectivity index (χ0v) is 21.7. The van der Waals surface area contributed by atoms with Gasteiger partial charge in [0.25, 0.3) is 5.56 Å². The first kappa shape index (κ1) is 23.7. The second kappa shape index (κ2) is 9.68. The van der Waals surface area contributed by atoms with Gasteiger partial charge >= 0.3 is 0 Å². The van der Waals surface area contributed by atoms with Crippen molar-refractivity contribution in [3.05, 3.63) is 101 Å². The Morgan fingerprint density at radius 2 is 1.74 bits per heavy atom. The fourth-order valence-corrected chi connectivity index (χ4v) is 5.35. The largest absolute Gasteiger partial charge is 0.326 e. The van der Waals surface area contributed by atoms with Gasteiger partial charge in [-0.3, -0.25) is 14.2 Å². The molecular weight excluding hydrogens is 496 g/mol.